The first kappa shape index (κ1) is 43.0. The van der Waals surface area contributed by atoms with Gasteiger partial charge in [-0.15, -0.1) is 0 Å². The fraction of sp³-hybridized carbons (Fsp3) is 0.857. The Kier molecular flexibility index (Phi) is 23.3. The minimum atomic E-state index is -4.43. The van der Waals surface area contributed by atoms with E-state index in [0.29, 0.717) is 0 Å². The van der Waals surface area contributed by atoms with Crippen LogP contribution in [-0.2, 0) is 47.4 Å². The number of rotatable bonds is 14. The lowest BCUT2D eigenvalue weighted by molar-refractivity contribution is -0.252. The Morgan fingerprint density at radius 2 is 0.977 bits per heavy atom. The van der Waals surface area contributed by atoms with Crippen LogP contribution in [0.3, 0.4) is 0 Å². The molecule has 0 unspecified atom stereocenters. The summed E-state index contributed by atoms with van der Waals surface area (Å²) in [6.07, 6.45) is -7.13. The lowest BCUT2D eigenvalue weighted by Gasteiger charge is -2.44. The van der Waals surface area contributed by atoms with Gasteiger partial charge in [-0.2, -0.15) is 0 Å². The summed E-state index contributed by atoms with van der Waals surface area (Å²) in [5.74, 6) is -2.99. The molecule has 0 aromatic heterocycles. The summed E-state index contributed by atoms with van der Waals surface area (Å²) < 4.78 is 37.4. The summed E-state index contributed by atoms with van der Waals surface area (Å²) >= 11 is 0. The quantitative estimate of drug-likeness (QED) is 0.160. The van der Waals surface area contributed by atoms with Gasteiger partial charge in [0.2, 0.25) is 0 Å². The fourth-order valence-electron chi connectivity index (χ4n) is 4.19. The molecule has 14 nitrogen and oxygen atoms in total. The zero-order chi connectivity index (χ0) is 33.8. The Morgan fingerprint density at radius 3 is 1.26 bits per heavy atom. The molecule has 0 spiro atoms. The van der Waals surface area contributed by atoms with Crippen LogP contribution in [0.1, 0.15) is 75.7 Å². The highest BCUT2D eigenvalue weighted by Crippen LogP contribution is 2.38. The molecule has 1 saturated heterocycles. The van der Waals surface area contributed by atoms with Crippen LogP contribution in [0.2, 0.25) is 0 Å². The fourth-order valence-corrected chi connectivity index (χ4v) is 4.78. The number of hydrogen-bond acceptors (Lipinski definition) is 12. The Balaban J connectivity index is 0. The van der Waals surface area contributed by atoms with Gasteiger partial charge < -0.3 is 43.3 Å². The van der Waals surface area contributed by atoms with Crippen LogP contribution in [0, 0.1) is 0 Å². The van der Waals surface area contributed by atoms with E-state index < -0.39 is 74.8 Å². The first-order chi connectivity index (χ1) is 20.0. The molecule has 1 fully saturated rings. The van der Waals surface area contributed by atoms with Crippen molar-refractivity contribution in [3.63, 3.8) is 0 Å². The van der Waals surface area contributed by atoms with Crippen molar-refractivity contribution in [1.29, 1.82) is 0 Å². The third kappa shape index (κ3) is 20.5. The zero-order valence-corrected chi connectivity index (χ0v) is 28.5. The Bertz CT molecular complexity index is 838. The molecule has 43 heavy (non-hydrogen) atoms. The van der Waals surface area contributed by atoms with E-state index in [-0.39, 0.29) is 6.42 Å². The van der Waals surface area contributed by atoms with Crippen LogP contribution in [-0.4, -0.2) is 126 Å². The molecule has 15 heteroatoms. The highest BCUT2D eigenvalue weighted by molar-refractivity contribution is 7.51. The third-order valence-corrected chi connectivity index (χ3v) is 7.32. The molecule has 0 bridgehead atoms. The lowest BCUT2D eigenvalue weighted by Crippen LogP contribution is -2.62. The monoisotopic (exact) mass is 642 g/mol. The van der Waals surface area contributed by atoms with Crippen molar-refractivity contribution in [2.75, 3.05) is 52.0 Å². The van der Waals surface area contributed by atoms with Crippen molar-refractivity contribution >= 4 is 31.5 Å². The van der Waals surface area contributed by atoms with Gasteiger partial charge in [0.15, 0.2) is 18.3 Å². The van der Waals surface area contributed by atoms with Crippen LogP contribution >= 0.6 is 7.60 Å². The Morgan fingerprint density at radius 1 is 0.628 bits per heavy atom. The maximum absolute atomic E-state index is 11.6. The molecule has 1 aliphatic heterocycles. The zero-order valence-electron chi connectivity index (χ0n) is 27.6. The van der Waals surface area contributed by atoms with Gasteiger partial charge in [0.05, 0.1) is 12.3 Å². The van der Waals surface area contributed by atoms with Crippen molar-refractivity contribution in [3.8, 4) is 0 Å². The van der Waals surface area contributed by atoms with Crippen LogP contribution < -0.4 is 0 Å². The van der Waals surface area contributed by atoms with Crippen molar-refractivity contribution in [2.24, 2.45) is 0 Å². The van der Waals surface area contributed by atoms with E-state index in [4.69, 9.17) is 33.5 Å². The normalized spacial score (nSPS) is 21.5. The van der Waals surface area contributed by atoms with Gasteiger partial charge in [0.1, 0.15) is 12.7 Å². The molecule has 0 amide bonds. The summed E-state index contributed by atoms with van der Waals surface area (Å²) in [6.45, 7) is 24.2. The molecule has 0 saturated carbocycles. The first-order valence-corrected chi connectivity index (χ1v) is 16.6. The predicted molar refractivity (Wildman–Crippen MR) is 160 cm³/mol. The summed E-state index contributed by atoms with van der Waals surface area (Å²) in [5, 5.41) is 0. The summed E-state index contributed by atoms with van der Waals surface area (Å²) in [6, 6.07) is 0. The molecule has 0 aliphatic carbocycles. The van der Waals surface area contributed by atoms with E-state index in [9.17, 15) is 23.7 Å². The molecule has 2 N–H and O–H groups in total. The highest BCUT2D eigenvalue weighted by atomic mass is 31.2. The van der Waals surface area contributed by atoms with Gasteiger partial charge in [0, 0.05) is 27.7 Å². The third-order valence-electron chi connectivity index (χ3n) is 6.48. The van der Waals surface area contributed by atoms with Gasteiger partial charge in [-0.1, -0.05) is 41.5 Å². The number of carbonyl (C=O) groups is 4. The smallest absolute Gasteiger partial charge is 0.325 e. The predicted octanol–water partition coefficient (Wildman–Crippen LogP) is 2.38. The summed E-state index contributed by atoms with van der Waals surface area (Å²) in [4.78, 5) is 69.0. The number of hydrogen-bond donors (Lipinski definition) is 2. The molecule has 5 atom stereocenters. The molecule has 0 aromatic carbocycles. The molecular formula is C28H55N2O12P. The highest BCUT2D eigenvalue weighted by Gasteiger charge is 2.52. The molecule has 254 valence electrons. The van der Waals surface area contributed by atoms with Crippen LogP contribution in [0.4, 0.5) is 0 Å². The minimum absolute atomic E-state index is 0.274. The van der Waals surface area contributed by atoms with E-state index in [2.05, 4.69) is 51.3 Å². The van der Waals surface area contributed by atoms with Crippen LogP contribution in [0.5, 0.6) is 0 Å². The maximum Gasteiger partial charge on any atom is 0.325 e. The minimum Gasteiger partial charge on any atom is -0.463 e. The molecular weight excluding hydrogens is 587 g/mol. The average molecular weight is 643 g/mol. The van der Waals surface area contributed by atoms with Gasteiger partial charge >= 0.3 is 31.5 Å². The number of esters is 4. The Labute approximate surface area is 256 Å². The van der Waals surface area contributed by atoms with Crippen molar-refractivity contribution in [3.05, 3.63) is 0 Å². The number of ether oxygens (including phenoxy) is 5. The largest absolute Gasteiger partial charge is 0.463 e. The molecule has 1 rings (SSSR count). The van der Waals surface area contributed by atoms with Crippen molar-refractivity contribution in [2.45, 2.75) is 106 Å². The number of carbonyl (C=O) groups excluding carboxylic acids is 4. The van der Waals surface area contributed by atoms with Gasteiger partial charge in [0.25, 0.3) is 0 Å². The van der Waals surface area contributed by atoms with E-state index in [1.807, 2.05) is 0 Å². The number of nitrogens with zero attached hydrogens (tertiary/aromatic N) is 2. The van der Waals surface area contributed by atoms with E-state index in [0.717, 1.165) is 27.7 Å². The SMILES string of the molecule is CC(=O)OC[C@H]1O[C@H](CCP(=O)(O)O)[C@H](OC(C)=O)[C@@H](OC(C)=O)[C@H]1OC(C)=O.CCN(CC)CC.CCN(CC)CC. The summed E-state index contributed by atoms with van der Waals surface area (Å²) in [7, 11) is -4.43. The molecule has 1 aliphatic rings. The van der Waals surface area contributed by atoms with Gasteiger partial charge in [-0.3, -0.25) is 23.7 Å². The Hall–Kier alpha value is -2.09. The topological polar surface area (TPSA) is 178 Å². The van der Waals surface area contributed by atoms with Crippen LogP contribution in [0.25, 0.3) is 0 Å². The van der Waals surface area contributed by atoms with E-state index in [1.165, 1.54) is 39.3 Å². The van der Waals surface area contributed by atoms with Crippen LogP contribution in [0.15, 0.2) is 0 Å². The average Bonchev–Trinajstić information content (AvgIpc) is 2.90. The van der Waals surface area contributed by atoms with E-state index >= 15 is 0 Å². The van der Waals surface area contributed by atoms with Gasteiger partial charge in [-0.25, -0.2) is 0 Å². The second-order valence-corrected chi connectivity index (χ2v) is 11.4. The molecule has 0 radical (unpaired) electrons. The first-order valence-electron chi connectivity index (χ1n) is 14.8. The van der Waals surface area contributed by atoms with E-state index in [1.54, 1.807) is 0 Å². The van der Waals surface area contributed by atoms with Crippen molar-refractivity contribution < 1.29 is 57.2 Å². The second-order valence-electron chi connectivity index (χ2n) is 9.65. The van der Waals surface area contributed by atoms with Crippen molar-refractivity contribution in [1.82, 2.24) is 9.80 Å². The lowest BCUT2D eigenvalue weighted by atomic mass is 9.93. The van der Waals surface area contributed by atoms with Gasteiger partial charge in [-0.05, 0) is 45.7 Å². The standard InChI is InChI=1S/C16H25O12P.2C6H15N/c1-8(17)24-7-13-15(26-10(3)19)16(27-11(4)20)14(25-9(2)18)12(28-13)5-6-29(21,22)23;2*1-4-7(5-2)6-3/h12-16H,5-7H2,1-4H3,(H2,21,22,23);2*4-6H2,1-3H3/t12-,13-,14+,15+,16-;;/m1../s1. The second kappa shape index (κ2) is 23.3. The molecule has 1 heterocycles. The maximum atomic E-state index is 11.6. The summed E-state index contributed by atoms with van der Waals surface area (Å²) in [5.41, 5.74) is 0. The molecule has 0 aromatic rings.